The first-order valence-corrected chi connectivity index (χ1v) is 9.42. The van der Waals surface area contributed by atoms with Gasteiger partial charge in [-0.25, -0.2) is 9.78 Å². The first-order chi connectivity index (χ1) is 13.3. The monoisotopic (exact) mass is 368 g/mol. The van der Waals surface area contributed by atoms with Crippen molar-refractivity contribution in [1.29, 1.82) is 0 Å². The number of nitrogens with zero attached hydrogens (tertiary/aromatic N) is 2. The summed E-state index contributed by atoms with van der Waals surface area (Å²) >= 11 is 0. The van der Waals surface area contributed by atoms with Gasteiger partial charge in [0.2, 0.25) is 6.79 Å². The summed E-state index contributed by atoms with van der Waals surface area (Å²) < 4.78 is 10.6. The standard InChI is InChI=1S/C20H24N4O3/c25-20(23-16-5-6-17-18(12-16)27-14-26-17)22-13-15-7-8-21-19(11-15)24-9-3-1-2-4-10-24/h5-8,11-12H,1-4,9-10,13-14H2,(H2,22,23,25). The highest BCUT2D eigenvalue weighted by Crippen LogP contribution is 2.34. The fourth-order valence-corrected chi connectivity index (χ4v) is 3.38. The predicted molar refractivity (Wildman–Crippen MR) is 103 cm³/mol. The van der Waals surface area contributed by atoms with E-state index in [4.69, 9.17) is 9.47 Å². The average Bonchev–Trinajstić information content (AvgIpc) is 2.98. The SMILES string of the molecule is O=C(NCc1ccnc(N2CCCCCC2)c1)Nc1ccc2c(c1)OCO2. The van der Waals surface area contributed by atoms with Gasteiger partial charge in [-0.1, -0.05) is 12.8 Å². The fraction of sp³-hybridized carbons (Fsp3) is 0.400. The Labute approximate surface area is 158 Å². The van der Waals surface area contributed by atoms with E-state index in [1.807, 2.05) is 12.3 Å². The Hall–Kier alpha value is -2.96. The van der Waals surface area contributed by atoms with Crippen LogP contribution in [0.25, 0.3) is 0 Å². The molecule has 0 saturated carbocycles. The molecule has 1 fully saturated rings. The molecular weight excluding hydrogens is 344 g/mol. The molecule has 1 saturated heterocycles. The minimum absolute atomic E-state index is 0.215. The van der Waals surface area contributed by atoms with E-state index in [1.165, 1.54) is 25.7 Å². The lowest BCUT2D eigenvalue weighted by Crippen LogP contribution is -2.28. The van der Waals surface area contributed by atoms with Gasteiger partial charge in [0, 0.05) is 37.6 Å². The molecule has 142 valence electrons. The molecular formula is C20H24N4O3. The second-order valence-corrected chi connectivity index (χ2v) is 6.80. The molecule has 0 bridgehead atoms. The number of ether oxygens (including phenoxy) is 2. The molecule has 0 spiro atoms. The average molecular weight is 368 g/mol. The molecule has 27 heavy (non-hydrogen) atoms. The molecule has 2 aromatic rings. The van der Waals surface area contributed by atoms with Gasteiger partial charge in [0.25, 0.3) is 0 Å². The number of hydrogen-bond donors (Lipinski definition) is 2. The normalized spacial score (nSPS) is 15.9. The van der Waals surface area contributed by atoms with E-state index in [0.29, 0.717) is 23.7 Å². The van der Waals surface area contributed by atoms with Crippen molar-refractivity contribution in [1.82, 2.24) is 10.3 Å². The molecule has 2 amide bonds. The number of urea groups is 1. The third-order valence-electron chi connectivity index (χ3n) is 4.82. The van der Waals surface area contributed by atoms with Gasteiger partial charge in [0.05, 0.1) is 0 Å². The maximum Gasteiger partial charge on any atom is 0.319 e. The molecule has 0 unspecified atom stereocenters. The number of rotatable bonds is 4. The lowest BCUT2D eigenvalue weighted by Gasteiger charge is -2.21. The Bertz CT molecular complexity index is 804. The number of pyridine rings is 1. The summed E-state index contributed by atoms with van der Waals surface area (Å²) in [4.78, 5) is 19.0. The molecule has 2 N–H and O–H groups in total. The minimum Gasteiger partial charge on any atom is -0.454 e. The highest BCUT2D eigenvalue weighted by Gasteiger charge is 2.14. The van der Waals surface area contributed by atoms with Crippen LogP contribution in [0.4, 0.5) is 16.3 Å². The van der Waals surface area contributed by atoms with Crippen LogP contribution < -0.4 is 25.0 Å². The van der Waals surface area contributed by atoms with Crippen LogP contribution in [0.1, 0.15) is 31.2 Å². The largest absolute Gasteiger partial charge is 0.454 e. The predicted octanol–water partition coefficient (Wildman–Crippen LogP) is 3.51. The third kappa shape index (κ3) is 4.42. The van der Waals surface area contributed by atoms with Gasteiger partial charge in [-0.2, -0.15) is 0 Å². The summed E-state index contributed by atoms with van der Waals surface area (Å²) in [5.41, 5.74) is 1.70. The molecule has 4 rings (SSSR count). The van der Waals surface area contributed by atoms with Crippen LogP contribution in [0.3, 0.4) is 0 Å². The quantitative estimate of drug-likeness (QED) is 0.864. The highest BCUT2D eigenvalue weighted by molar-refractivity contribution is 5.89. The molecule has 1 aromatic heterocycles. The smallest absolute Gasteiger partial charge is 0.319 e. The van der Waals surface area contributed by atoms with E-state index >= 15 is 0 Å². The summed E-state index contributed by atoms with van der Waals surface area (Å²) in [5, 5.41) is 5.71. The number of carbonyl (C=O) groups excluding carboxylic acids is 1. The van der Waals surface area contributed by atoms with Gasteiger partial charge in [0.1, 0.15) is 5.82 Å². The van der Waals surface area contributed by atoms with Crippen molar-refractivity contribution in [2.45, 2.75) is 32.2 Å². The second kappa shape index (κ2) is 8.16. The molecule has 0 aliphatic carbocycles. The lowest BCUT2D eigenvalue weighted by atomic mass is 10.2. The number of anilines is 2. The van der Waals surface area contributed by atoms with Crippen molar-refractivity contribution in [3.63, 3.8) is 0 Å². The molecule has 7 nitrogen and oxygen atoms in total. The number of aromatic nitrogens is 1. The van der Waals surface area contributed by atoms with Crippen molar-refractivity contribution in [3.8, 4) is 11.5 Å². The van der Waals surface area contributed by atoms with E-state index in [9.17, 15) is 4.79 Å². The zero-order valence-electron chi connectivity index (χ0n) is 15.2. The van der Waals surface area contributed by atoms with Gasteiger partial charge in [-0.3, -0.25) is 0 Å². The Balaban J connectivity index is 1.33. The highest BCUT2D eigenvalue weighted by atomic mass is 16.7. The summed E-state index contributed by atoms with van der Waals surface area (Å²) in [6.45, 7) is 2.76. The van der Waals surface area contributed by atoms with E-state index in [-0.39, 0.29) is 12.8 Å². The Morgan fingerprint density at radius 2 is 1.85 bits per heavy atom. The molecule has 7 heteroatoms. The van der Waals surface area contributed by atoms with Crippen LogP contribution in [-0.4, -0.2) is 30.9 Å². The topological polar surface area (TPSA) is 75.7 Å². The Morgan fingerprint density at radius 1 is 1.04 bits per heavy atom. The molecule has 3 heterocycles. The summed E-state index contributed by atoms with van der Waals surface area (Å²) in [5.74, 6) is 2.33. The molecule has 0 radical (unpaired) electrons. The molecule has 0 atom stereocenters. The number of amides is 2. The Morgan fingerprint density at radius 3 is 2.70 bits per heavy atom. The zero-order valence-corrected chi connectivity index (χ0v) is 15.2. The number of hydrogen-bond acceptors (Lipinski definition) is 5. The second-order valence-electron chi connectivity index (χ2n) is 6.80. The lowest BCUT2D eigenvalue weighted by molar-refractivity contribution is 0.174. The van der Waals surface area contributed by atoms with Gasteiger partial charge in [0.15, 0.2) is 11.5 Å². The number of carbonyl (C=O) groups is 1. The first-order valence-electron chi connectivity index (χ1n) is 9.42. The van der Waals surface area contributed by atoms with Crippen LogP contribution >= 0.6 is 0 Å². The van der Waals surface area contributed by atoms with Crippen molar-refractivity contribution in [2.24, 2.45) is 0 Å². The van der Waals surface area contributed by atoms with Crippen LogP contribution in [-0.2, 0) is 6.54 Å². The van der Waals surface area contributed by atoms with Gasteiger partial charge in [-0.05, 0) is 42.7 Å². The van der Waals surface area contributed by atoms with E-state index in [0.717, 1.165) is 24.5 Å². The maximum atomic E-state index is 12.2. The molecule has 1 aromatic carbocycles. The molecule has 2 aliphatic rings. The molecule has 2 aliphatic heterocycles. The summed E-state index contributed by atoms with van der Waals surface area (Å²) in [6.07, 6.45) is 6.81. The van der Waals surface area contributed by atoms with Crippen LogP contribution in [0.15, 0.2) is 36.5 Å². The fourth-order valence-electron chi connectivity index (χ4n) is 3.38. The van der Waals surface area contributed by atoms with Crippen LogP contribution in [0.2, 0.25) is 0 Å². The Kier molecular flexibility index (Phi) is 5.27. The number of fused-ring (bicyclic) bond motifs is 1. The summed E-state index contributed by atoms with van der Waals surface area (Å²) in [6, 6.07) is 9.06. The maximum absolute atomic E-state index is 12.2. The summed E-state index contributed by atoms with van der Waals surface area (Å²) in [7, 11) is 0. The zero-order chi connectivity index (χ0) is 18.5. The van der Waals surface area contributed by atoms with Gasteiger partial charge >= 0.3 is 6.03 Å². The van der Waals surface area contributed by atoms with Gasteiger partial charge in [-0.15, -0.1) is 0 Å². The van der Waals surface area contributed by atoms with Crippen LogP contribution in [0.5, 0.6) is 11.5 Å². The van der Waals surface area contributed by atoms with Crippen molar-refractivity contribution >= 4 is 17.5 Å². The third-order valence-corrected chi connectivity index (χ3v) is 4.82. The number of benzene rings is 1. The van der Waals surface area contributed by atoms with Crippen LogP contribution in [0, 0.1) is 0 Å². The van der Waals surface area contributed by atoms with E-state index < -0.39 is 0 Å². The number of nitrogens with one attached hydrogen (secondary N) is 2. The van der Waals surface area contributed by atoms with Gasteiger partial charge < -0.3 is 25.0 Å². The van der Waals surface area contributed by atoms with E-state index in [2.05, 4.69) is 26.6 Å². The van der Waals surface area contributed by atoms with E-state index in [1.54, 1.807) is 18.2 Å². The van der Waals surface area contributed by atoms with Crippen molar-refractivity contribution < 1.29 is 14.3 Å². The first kappa shape index (κ1) is 17.5. The van der Waals surface area contributed by atoms with Crippen molar-refractivity contribution in [2.75, 3.05) is 30.1 Å². The minimum atomic E-state index is -0.262. The van der Waals surface area contributed by atoms with Crippen molar-refractivity contribution in [3.05, 3.63) is 42.1 Å².